The highest BCUT2D eigenvalue weighted by Gasteiger charge is 2.29. The van der Waals surface area contributed by atoms with Gasteiger partial charge in [0.05, 0.1) is 22.2 Å². The molecule has 0 spiro atoms. The van der Waals surface area contributed by atoms with Crippen LogP contribution in [0.3, 0.4) is 0 Å². The highest BCUT2D eigenvalue weighted by Crippen LogP contribution is 2.35. The number of piperidine rings is 1. The van der Waals surface area contributed by atoms with Crippen molar-refractivity contribution in [1.29, 1.82) is 5.41 Å². The van der Waals surface area contributed by atoms with Crippen LogP contribution < -0.4 is 22.1 Å². The number of nitrogens with zero attached hydrogens (tertiary/aromatic N) is 2. The van der Waals surface area contributed by atoms with E-state index in [4.69, 9.17) is 22.7 Å². The Bertz CT molecular complexity index is 1800. The summed E-state index contributed by atoms with van der Waals surface area (Å²) in [6.07, 6.45) is 9.26. The molecule has 4 aromatic rings. The molecule has 6 rings (SSSR count). The van der Waals surface area contributed by atoms with Crippen LogP contribution >= 0.6 is 11.6 Å². The van der Waals surface area contributed by atoms with E-state index in [1.807, 2.05) is 0 Å². The van der Waals surface area contributed by atoms with E-state index in [9.17, 15) is 4.79 Å². The Hall–Kier alpha value is -3.67. The predicted molar refractivity (Wildman–Crippen MR) is 175 cm³/mol. The molecular formula is C34H39ClF3N7O. The van der Waals surface area contributed by atoms with Crippen molar-refractivity contribution >= 4 is 28.5 Å². The number of aryl methyl sites for hydroxylation is 1. The highest BCUT2D eigenvalue weighted by molar-refractivity contribution is 6.31. The number of H-pyrrole nitrogens is 1. The Morgan fingerprint density at radius 1 is 1.15 bits per heavy atom. The molecule has 8 nitrogen and oxygen atoms in total. The molecule has 46 heavy (non-hydrogen) atoms. The third kappa shape index (κ3) is 7.16. The Labute approximate surface area is 270 Å². The number of rotatable bonds is 11. The second kappa shape index (κ2) is 13.6. The topological polar surface area (TPSA) is 125 Å². The molecule has 2 aliphatic rings. The van der Waals surface area contributed by atoms with Crippen LogP contribution in [0, 0.1) is 28.8 Å². The van der Waals surface area contributed by atoms with E-state index >= 15 is 13.2 Å². The molecule has 2 aromatic carbocycles. The lowest BCUT2D eigenvalue weighted by atomic mass is 9.91. The molecule has 3 atom stereocenters. The number of benzene rings is 2. The molecule has 1 aliphatic carbocycles. The van der Waals surface area contributed by atoms with Crippen molar-refractivity contribution in [3.8, 4) is 16.9 Å². The summed E-state index contributed by atoms with van der Waals surface area (Å²) in [5.74, 6) is -1.12. The number of nitrogens with one attached hydrogen (secondary N) is 4. The third-order valence-corrected chi connectivity index (χ3v) is 9.45. The van der Waals surface area contributed by atoms with Gasteiger partial charge in [-0.3, -0.25) is 9.98 Å². The van der Waals surface area contributed by atoms with Gasteiger partial charge in [0.1, 0.15) is 17.3 Å². The normalized spacial score (nSPS) is 19.0. The number of fused-ring (bicyclic) bond motifs is 1. The Balaban J connectivity index is 1.23. The first-order valence-electron chi connectivity index (χ1n) is 16.0. The van der Waals surface area contributed by atoms with Gasteiger partial charge in [-0.05, 0) is 100 Å². The number of nitrogens with two attached hydrogens (primary N) is 1. The number of aromatic amines is 1. The largest absolute Gasteiger partial charge is 0.374 e. The van der Waals surface area contributed by atoms with E-state index in [2.05, 4.69) is 20.6 Å². The van der Waals surface area contributed by atoms with Crippen molar-refractivity contribution in [2.24, 2.45) is 11.7 Å². The third-order valence-electron chi connectivity index (χ3n) is 9.17. The van der Waals surface area contributed by atoms with Gasteiger partial charge in [-0.15, -0.1) is 0 Å². The fraction of sp³-hybridized carbons (Fsp3) is 0.441. The molecule has 2 aromatic heterocycles. The van der Waals surface area contributed by atoms with Crippen LogP contribution in [-0.2, 0) is 6.42 Å². The zero-order valence-corrected chi connectivity index (χ0v) is 26.5. The van der Waals surface area contributed by atoms with E-state index in [-0.39, 0.29) is 39.6 Å². The van der Waals surface area contributed by atoms with Crippen molar-refractivity contribution in [3.05, 3.63) is 80.6 Å². The fourth-order valence-electron chi connectivity index (χ4n) is 6.56. The van der Waals surface area contributed by atoms with Crippen molar-refractivity contribution in [1.82, 2.24) is 25.2 Å². The van der Waals surface area contributed by atoms with Crippen molar-refractivity contribution in [2.45, 2.75) is 82.8 Å². The Morgan fingerprint density at radius 2 is 1.91 bits per heavy atom. The lowest BCUT2D eigenvalue weighted by molar-refractivity contribution is 0.300. The summed E-state index contributed by atoms with van der Waals surface area (Å²) in [5, 5.41) is 14.3. The lowest BCUT2D eigenvalue weighted by Gasteiger charge is -2.32. The molecule has 0 amide bonds. The highest BCUT2D eigenvalue weighted by atomic mass is 35.5. The predicted octanol–water partition coefficient (Wildman–Crippen LogP) is 6.67. The van der Waals surface area contributed by atoms with Crippen LogP contribution in [0.15, 0.2) is 41.3 Å². The fourth-order valence-corrected chi connectivity index (χ4v) is 6.81. The van der Waals surface area contributed by atoms with Gasteiger partial charge < -0.3 is 21.4 Å². The van der Waals surface area contributed by atoms with Gasteiger partial charge in [-0.2, -0.15) is 4.98 Å². The SMILES string of the molecule is CC(=N)NCC[C@@H]1CCC[C@@H](c2c(F)cc(-n3cc4cc(-c5cc(CCCC(N)C6CC6)cc(Cl)c5F)[nH]c4nc3=O)cc2F)N1. The van der Waals surface area contributed by atoms with Crippen LogP contribution in [0.25, 0.3) is 28.0 Å². The zero-order valence-electron chi connectivity index (χ0n) is 25.7. The maximum absolute atomic E-state index is 15.5. The van der Waals surface area contributed by atoms with Crippen molar-refractivity contribution < 1.29 is 13.2 Å². The van der Waals surface area contributed by atoms with Crippen LogP contribution in [0.1, 0.15) is 75.5 Å². The molecule has 3 heterocycles. The molecular weight excluding hydrogens is 615 g/mol. The Morgan fingerprint density at radius 3 is 2.63 bits per heavy atom. The van der Waals surface area contributed by atoms with Crippen LogP contribution in [0.4, 0.5) is 13.2 Å². The average molecular weight is 654 g/mol. The van der Waals surface area contributed by atoms with E-state index in [1.165, 1.54) is 19.0 Å². The Kier molecular flexibility index (Phi) is 9.54. The van der Waals surface area contributed by atoms with E-state index < -0.39 is 29.2 Å². The van der Waals surface area contributed by atoms with Gasteiger partial charge in [0, 0.05) is 47.4 Å². The van der Waals surface area contributed by atoms with E-state index in [1.54, 1.807) is 25.1 Å². The monoisotopic (exact) mass is 653 g/mol. The molecule has 0 radical (unpaired) electrons. The molecule has 1 saturated heterocycles. The number of aromatic nitrogens is 3. The van der Waals surface area contributed by atoms with Crippen LogP contribution in [0.2, 0.25) is 5.02 Å². The first-order chi connectivity index (χ1) is 22.1. The second-order valence-electron chi connectivity index (χ2n) is 12.7. The maximum atomic E-state index is 15.5. The minimum atomic E-state index is -0.755. The van der Waals surface area contributed by atoms with E-state index in [0.29, 0.717) is 42.2 Å². The van der Waals surface area contributed by atoms with Gasteiger partial charge >= 0.3 is 5.69 Å². The summed E-state index contributed by atoms with van der Waals surface area (Å²) in [5.41, 5.74) is 7.16. The van der Waals surface area contributed by atoms with Crippen LogP contribution in [-0.4, -0.2) is 39.0 Å². The first-order valence-corrected chi connectivity index (χ1v) is 16.4. The summed E-state index contributed by atoms with van der Waals surface area (Å²) in [6.45, 7) is 2.27. The molecule has 2 fully saturated rings. The second-order valence-corrected chi connectivity index (χ2v) is 13.1. The van der Waals surface area contributed by atoms with Gasteiger partial charge in [0.2, 0.25) is 0 Å². The van der Waals surface area contributed by atoms with Gasteiger partial charge in [0.25, 0.3) is 0 Å². The summed E-state index contributed by atoms with van der Waals surface area (Å²) < 4.78 is 47.3. The summed E-state index contributed by atoms with van der Waals surface area (Å²) in [6, 6.07) is 7.03. The quantitative estimate of drug-likeness (QED) is 0.0914. The van der Waals surface area contributed by atoms with Gasteiger partial charge in [-0.25, -0.2) is 18.0 Å². The maximum Gasteiger partial charge on any atom is 0.354 e. The number of halogens is 4. The first kappa shape index (κ1) is 32.3. The lowest BCUT2D eigenvalue weighted by Crippen LogP contribution is -2.40. The minimum Gasteiger partial charge on any atom is -0.374 e. The molecule has 6 N–H and O–H groups in total. The number of hydrogen-bond acceptors (Lipinski definition) is 5. The summed E-state index contributed by atoms with van der Waals surface area (Å²) >= 11 is 6.27. The average Bonchev–Trinajstić information content (AvgIpc) is 3.78. The van der Waals surface area contributed by atoms with Crippen LogP contribution in [0.5, 0.6) is 0 Å². The number of hydrogen-bond donors (Lipinski definition) is 5. The van der Waals surface area contributed by atoms with Crippen molar-refractivity contribution in [2.75, 3.05) is 6.54 Å². The smallest absolute Gasteiger partial charge is 0.354 e. The zero-order chi connectivity index (χ0) is 32.5. The standard InChI is InChI=1S/C34H39ClF3N7O/c1-18(39)41-11-10-22-5-3-7-29(42-22)31-26(36)15-23(16-27(31)37)45-17-21-14-30(43-33(21)44-34(45)46)24-12-19(13-25(35)32(24)38)4-2-6-28(40)20-8-9-20/h12-17,20,22,28-29,42H,2-11,40H2,1H3,(H2,39,41)(H,43,44,46)/t22-,28?,29-/m0/s1. The van der Waals surface area contributed by atoms with Gasteiger partial charge in [0.15, 0.2) is 5.82 Å². The molecule has 1 aliphatic heterocycles. The number of amidine groups is 1. The molecule has 12 heteroatoms. The van der Waals surface area contributed by atoms with E-state index in [0.717, 1.165) is 54.4 Å². The van der Waals surface area contributed by atoms with Gasteiger partial charge in [-0.1, -0.05) is 18.0 Å². The molecule has 0 bridgehead atoms. The molecule has 1 unspecified atom stereocenters. The summed E-state index contributed by atoms with van der Waals surface area (Å²) in [4.78, 5) is 20.1. The van der Waals surface area contributed by atoms with Crippen molar-refractivity contribution in [3.63, 3.8) is 0 Å². The minimum absolute atomic E-state index is 0.000421. The summed E-state index contributed by atoms with van der Waals surface area (Å²) in [7, 11) is 0. The molecule has 244 valence electrons. The molecule has 1 saturated carbocycles.